The zero-order valence-corrected chi connectivity index (χ0v) is 18.2. The molecule has 1 aliphatic heterocycles. The van der Waals surface area contributed by atoms with Crippen LogP contribution in [0.1, 0.15) is 31.0 Å². The molecule has 0 spiro atoms. The van der Waals surface area contributed by atoms with E-state index in [4.69, 9.17) is 9.15 Å². The first-order valence-corrected chi connectivity index (χ1v) is 10.5. The summed E-state index contributed by atoms with van der Waals surface area (Å²) in [5.41, 5.74) is 3.13. The predicted molar refractivity (Wildman–Crippen MR) is 121 cm³/mol. The molecule has 32 heavy (non-hydrogen) atoms. The summed E-state index contributed by atoms with van der Waals surface area (Å²) in [4.78, 5) is 27.8. The number of hydrogen-bond acceptors (Lipinski definition) is 5. The summed E-state index contributed by atoms with van der Waals surface area (Å²) in [5.74, 6) is -1.03. The molecule has 164 valence electrons. The van der Waals surface area contributed by atoms with Crippen LogP contribution in [0.5, 0.6) is 0 Å². The first-order valence-electron chi connectivity index (χ1n) is 10.5. The molecular weight excluding hydrogens is 406 g/mol. The molecule has 1 unspecified atom stereocenters. The summed E-state index contributed by atoms with van der Waals surface area (Å²) >= 11 is 0. The van der Waals surface area contributed by atoms with E-state index in [1.54, 1.807) is 39.4 Å². The number of benzene rings is 2. The fourth-order valence-electron chi connectivity index (χ4n) is 4.05. The Hall–Kier alpha value is -3.64. The zero-order valence-electron chi connectivity index (χ0n) is 18.2. The van der Waals surface area contributed by atoms with Crippen LogP contribution in [0.3, 0.4) is 0 Å². The highest BCUT2D eigenvalue weighted by Crippen LogP contribution is 2.43. The minimum atomic E-state index is -0.752. The van der Waals surface area contributed by atoms with Crippen LogP contribution in [-0.2, 0) is 20.9 Å². The number of ketones is 1. The monoisotopic (exact) mass is 431 g/mol. The normalized spacial score (nSPS) is 16.3. The molecule has 1 aromatic heterocycles. The molecule has 3 aromatic rings. The molecule has 0 saturated carbocycles. The van der Waals surface area contributed by atoms with E-state index < -0.39 is 17.7 Å². The van der Waals surface area contributed by atoms with E-state index in [1.807, 2.05) is 48.5 Å². The second-order valence-corrected chi connectivity index (χ2v) is 8.01. The topological polar surface area (TPSA) is 80.0 Å². The Labute approximate surface area is 186 Å². The number of Topliss-reactive ketones (excluding diaryl/α,β-unsaturated/α-hetero) is 1. The Bertz CT molecular complexity index is 1160. The lowest BCUT2D eigenvalue weighted by Gasteiger charge is -2.29. The van der Waals surface area contributed by atoms with Crippen molar-refractivity contribution in [2.45, 2.75) is 26.5 Å². The Morgan fingerprint density at radius 3 is 2.44 bits per heavy atom. The summed E-state index contributed by atoms with van der Waals surface area (Å²) in [6.07, 6.45) is 1.60. The van der Waals surface area contributed by atoms with Gasteiger partial charge in [0.2, 0.25) is 0 Å². The van der Waals surface area contributed by atoms with Gasteiger partial charge in [0.1, 0.15) is 5.76 Å². The van der Waals surface area contributed by atoms with E-state index in [1.165, 1.54) is 4.90 Å². The van der Waals surface area contributed by atoms with E-state index in [0.717, 1.165) is 16.7 Å². The molecule has 0 aliphatic carbocycles. The average molecular weight is 431 g/mol. The van der Waals surface area contributed by atoms with Crippen LogP contribution in [-0.4, -0.2) is 23.9 Å². The van der Waals surface area contributed by atoms with Crippen molar-refractivity contribution < 1.29 is 23.8 Å². The second kappa shape index (κ2) is 8.85. The third-order valence-electron chi connectivity index (χ3n) is 5.60. The van der Waals surface area contributed by atoms with Crippen LogP contribution in [0.2, 0.25) is 0 Å². The number of hydrogen-bond donors (Lipinski definition) is 1. The van der Waals surface area contributed by atoms with Crippen molar-refractivity contribution in [2.24, 2.45) is 5.92 Å². The predicted octanol–water partition coefficient (Wildman–Crippen LogP) is 5.22. The molecule has 1 aliphatic rings. The van der Waals surface area contributed by atoms with Crippen molar-refractivity contribution in [3.8, 4) is 11.3 Å². The summed E-state index contributed by atoms with van der Waals surface area (Å²) in [7, 11) is 1.59. The Morgan fingerprint density at radius 2 is 1.81 bits per heavy atom. The number of amides is 1. The van der Waals surface area contributed by atoms with Crippen molar-refractivity contribution in [1.82, 2.24) is 0 Å². The van der Waals surface area contributed by atoms with Crippen LogP contribution in [0.4, 0.5) is 5.69 Å². The number of ether oxygens (including phenoxy) is 1. The Balaban J connectivity index is 1.84. The van der Waals surface area contributed by atoms with Gasteiger partial charge in [-0.05, 0) is 47.5 Å². The highest BCUT2D eigenvalue weighted by Gasteiger charge is 2.45. The van der Waals surface area contributed by atoms with E-state index >= 15 is 0 Å². The Morgan fingerprint density at radius 1 is 1.09 bits per heavy atom. The highest BCUT2D eigenvalue weighted by atomic mass is 16.5. The molecule has 2 aromatic carbocycles. The van der Waals surface area contributed by atoms with Gasteiger partial charge in [0.05, 0.1) is 24.5 Å². The summed E-state index contributed by atoms with van der Waals surface area (Å²) in [6, 6.07) is 17.7. The maximum absolute atomic E-state index is 13.2. The van der Waals surface area contributed by atoms with Crippen LogP contribution >= 0.6 is 0 Å². The number of aliphatic hydroxyl groups excluding tert-OH is 1. The van der Waals surface area contributed by atoms with Crippen LogP contribution in [0.15, 0.2) is 82.7 Å². The number of anilines is 1. The number of aliphatic hydroxyl groups is 1. The molecule has 0 fully saturated rings. The molecule has 1 N–H and O–H groups in total. The maximum atomic E-state index is 13.2. The molecule has 1 amide bonds. The van der Waals surface area contributed by atoms with Gasteiger partial charge in [0.25, 0.3) is 5.91 Å². The van der Waals surface area contributed by atoms with E-state index in [2.05, 4.69) is 0 Å². The van der Waals surface area contributed by atoms with Crippen molar-refractivity contribution in [3.63, 3.8) is 0 Å². The lowest BCUT2D eigenvalue weighted by atomic mass is 9.89. The molecule has 1 atom stereocenters. The number of carbonyl (C=O) groups is 2. The molecular formula is C26H25NO5. The van der Waals surface area contributed by atoms with Crippen molar-refractivity contribution in [3.05, 3.63) is 89.4 Å². The van der Waals surface area contributed by atoms with Crippen LogP contribution in [0.25, 0.3) is 11.3 Å². The van der Waals surface area contributed by atoms with E-state index in [0.29, 0.717) is 18.1 Å². The van der Waals surface area contributed by atoms with Crippen molar-refractivity contribution in [2.75, 3.05) is 12.0 Å². The third-order valence-corrected chi connectivity index (χ3v) is 5.60. The first-order chi connectivity index (χ1) is 15.4. The minimum Gasteiger partial charge on any atom is -0.503 e. The first kappa shape index (κ1) is 21.6. The second-order valence-electron chi connectivity index (χ2n) is 8.01. The molecule has 6 heteroatoms. The van der Waals surface area contributed by atoms with Gasteiger partial charge in [-0.1, -0.05) is 38.1 Å². The standard InChI is InChI=1S/C26H25NO5/c1-16(2)24(28)22-23(20-8-5-4-7-18(20)15-31-3)27(26(30)25(22)29)19-12-10-17(11-13-19)21-9-6-14-32-21/h4-14,16,23,29H,15H2,1-3H3. The Kier molecular flexibility index (Phi) is 5.97. The molecule has 0 saturated heterocycles. The summed E-state index contributed by atoms with van der Waals surface area (Å²) in [6.45, 7) is 3.83. The summed E-state index contributed by atoms with van der Waals surface area (Å²) in [5, 5.41) is 10.8. The van der Waals surface area contributed by atoms with Gasteiger partial charge in [-0.15, -0.1) is 0 Å². The third kappa shape index (κ3) is 3.74. The quantitative estimate of drug-likeness (QED) is 0.555. The minimum absolute atomic E-state index is 0.115. The largest absolute Gasteiger partial charge is 0.503 e. The van der Waals surface area contributed by atoms with Gasteiger partial charge >= 0.3 is 0 Å². The van der Waals surface area contributed by atoms with Crippen molar-refractivity contribution in [1.29, 1.82) is 0 Å². The molecule has 0 bridgehead atoms. The molecule has 4 rings (SSSR count). The lowest BCUT2D eigenvalue weighted by Crippen LogP contribution is -2.32. The fraction of sp³-hybridized carbons (Fsp3) is 0.231. The van der Waals surface area contributed by atoms with Gasteiger partial charge in [-0.2, -0.15) is 0 Å². The fourth-order valence-corrected chi connectivity index (χ4v) is 4.05. The van der Waals surface area contributed by atoms with Crippen LogP contribution in [0, 0.1) is 5.92 Å². The average Bonchev–Trinajstić information content (AvgIpc) is 3.42. The molecule has 6 nitrogen and oxygen atoms in total. The highest BCUT2D eigenvalue weighted by molar-refractivity contribution is 6.17. The van der Waals surface area contributed by atoms with Gasteiger partial charge in [0, 0.05) is 24.3 Å². The van der Waals surface area contributed by atoms with Gasteiger partial charge in [-0.25, -0.2) is 0 Å². The SMILES string of the molecule is COCc1ccccc1C1C(C(=O)C(C)C)=C(O)C(=O)N1c1ccc(-c2ccco2)cc1. The maximum Gasteiger partial charge on any atom is 0.294 e. The molecule has 2 heterocycles. The number of furan rings is 1. The molecule has 0 radical (unpaired) electrons. The van der Waals surface area contributed by atoms with Gasteiger partial charge in [-0.3, -0.25) is 14.5 Å². The number of carbonyl (C=O) groups excluding carboxylic acids is 2. The summed E-state index contributed by atoms with van der Waals surface area (Å²) < 4.78 is 10.8. The van der Waals surface area contributed by atoms with Crippen LogP contribution < -0.4 is 4.90 Å². The lowest BCUT2D eigenvalue weighted by molar-refractivity contribution is -0.119. The van der Waals surface area contributed by atoms with E-state index in [9.17, 15) is 14.7 Å². The van der Waals surface area contributed by atoms with Crippen molar-refractivity contribution >= 4 is 17.4 Å². The van der Waals surface area contributed by atoms with Gasteiger partial charge in [0.15, 0.2) is 11.5 Å². The van der Waals surface area contributed by atoms with Gasteiger partial charge < -0.3 is 14.3 Å². The number of nitrogens with zero attached hydrogens (tertiary/aromatic N) is 1. The zero-order chi connectivity index (χ0) is 22.8. The van der Waals surface area contributed by atoms with E-state index in [-0.39, 0.29) is 17.3 Å². The smallest absolute Gasteiger partial charge is 0.294 e. The number of methoxy groups -OCH3 is 1. The number of rotatable bonds is 7.